The molecule has 92 valence electrons. The Labute approximate surface area is 94.9 Å². The Balaban J connectivity index is 3.50. The van der Waals surface area contributed by atoms with Gasteiger partial charge in [-0.1, -0.05) is 20.3 Å². The van der Waals surface area contributed by atoms with Crippen molar-refractivity contribution in [1.29, 1.82) is 0 Å². The molecule has 0 aromatic carbocycles. The SMILES string of the molecule is CCCCN(C)CCC(CO)NCCC. The van der Waals surface area contributed by atoms with Crippen LogP contribution >= 0.6 is 0 Å². The summed E-state index contributed by atoms with van der Waals surface area (Å²) < 4.78 is 0. The van der Waals surface area contributed by atoms with Gasteiger partial charge in [0.2, 0.25) is 0 Å². The zero-order chi connectivity index (χ0) is 11.5. The minimum absolute atomic E-state index is 0.252. The second-order valence-electron chi connectivity index (χ2n) is 4.28. The molecule has 2 N–H and O–H groups in total. The molecule has 3 heteroatoms. The van der Waals surface area contributed by atoms with Crippen LogP contribution in [0.4, 0.5) is 0 Å². The first-order valence-electron chi connectivity index (χ1n) is 6.27. The summed E-state index contributed by atoms with van der Waals surface area (Å²) in [6.45, 7) is 7.86. The van der Waals surface area contributed by atoms with Crippen molar-refractivity contribution >= 4 is 0 Å². The van der Waals surface area contributed by atoms with Crippen LogP contribution in [0.15, 0.2) is 0 Å². The molecule has 0 bridgehead atoms. The van der Waals surface area contributed by atoms with Gasteiger partial charge >= 0.3 is 0 Å². The summed E-state index contributed by atoms with van der Waals surface area (Å²) in [6, 6.07) is 0.272. The number of unbranched alkanes of at least 4 members (excludes halogenated alkanes) is 1. The van der Waals surface area contributed by atoms with Crippen molar-refractivity contribution < 1.29 is 5.11 Å². The van der Waals surface area contributed by atoms with Crippen molar-refractivity contribution in [3.63, 3.8) is 0 Å². The average Bonchev–Trinajstić information content (AvgIpc) is 2.26. The van der Waals surface area contributed by atoms with Gasteiger partial charge in [0, 0.05) is 6.04 Å². The number of aliphatic hydroxyl groups is 1. The topological polar surface area (TPSA) is 35.5 Å². The molecule has 0 radical (unpaired) electrons. The molecule has 0 aliphatic heterocycles. The molecule has 0 aliphatic carbocycles. The van der Waals surface area contributed by atoms with Crippen molar-refractivity contribution in [1.82, 2.24) is 10.2 Å². The number of nitrogens with one attached hydrogen (secondary N) is 1. The van der Waals surface area contributed by atoms with Crippen LogP contribution in [0.2, 0.25) is 0 Å². The molecule has 0 rings (SSSR count). The Morgan fingerprint density at radius 1 is 1.20 bits per heavy atom. The van der Waals surface area contributed by atoms with Gasteiger partial charge in [-0.3, -0.25) is 0 Å². The van der Waals surface area contributed by atoms with E-state index in [9.17, 15) is 0 Å². The predicted octanol–water partition coefficient (Wildman–Crippen LogP) is 1.47. The van der Waals surface area contributed by atoms with Gasteiger partial charge in [0.25, 0.3) is 0 Å². The van der Waals surface area contributed by atoms with E-state index in [2.05, 4.69) is 31.1 Å². The minimum Gasteiger partial charge on any atom is -0.395 e. The molecule has 0 aliphatic rings. The van der Waals surface area contributed by atoms with E-state index in [1.807, 2.05) is 0 Å². The standard InChI is InChI=1S/C12H28N2O/c1-4-6-9-14(3)10-7-12(11-15)13-8-5-2/h12-13,15H,4-11H2,1-3H3. The van der Waals surface area contributed by atoms with E-state index >= 15 is 0 Å². The summed E-state index contributed by atoms with van der Waals surface area (Å²) >= 11 is 0. The Morgan fingerprint density at radius 3 is 2.47 bits per heavy atom. The molecule has 0 fully saturated rings. The van der Waals surface area contributed by atoms with E-state index in [0.29, 0.717) is 0 Å². The molecule has 3 nitrogen and oxygen atoms in total. The van der Waals surface area contributed by atoms with Crippen LogP contribution < -0.4 is 5.32 Å². The quantitative estimate of drug-likeness (QED) is 0.580. The molecular formula is C12H28N2O. The third-order valence-electron chi connectivity index (χ3n) is 2.66. The maximum absolute atomic E-state index is 9.16. The summed E-state index contributed by atoms with van der Waals surface area (Å²) in [4.78, 5) is 2.35. The molecule has 0 heterocycles. The van der Waals surface area contributed by atoms with Crippen LogP contribution in [0, 0.1) is 0 Å². The third-order valence-corrected chi connectivity index (χ3v) is 2.66. The molecule has 0 amide bonds. The van der Waals surface area contributed by atoms with Crippen LogP contribution in [-0.2, 0) is 0 Å². The number of nitrogens with zero attached hydrogens (tertiary/aromatic N) is 1. The van der Waals surface area contributed by atoms with Crippen LogP contribution in [0.5, 0.6) is 0 Å². The maximum atomic E-state index is 9.16. The number of hydrogen-bond acceptors (Lipinski definition) is 3. The van der Waals surface area contributed by atoms with Crippen molar-refractivity contribution in [2.45, 2.75) is 45.6 Å². The van der Waals surface area contributed by atoms with E-state index in [0.717, 1.165) is 25.9 Å². The predicted molar refractivity (Wildman–Crippen MR) is 66.2 cm³/mol. The van der Waals surface area contributed by atoms with E-state index in [1.54, 1.807) is 0 Å². The molecule has 0 aromatic rings. The molecular weight excluding hydrogens is 188 g/mol. The van der Waals surface area contributed by atoms with Gasteiger partial charge in [-0.15, -0.1) is 0 Å². The summed E-state index contributed by atoms with van der Waals surface area (Å²) in [5.74, 6) is 0. The van der Waals surface area contributed by atoms with Gasteiger partial charge in [-0.2, -0.15) is 0 Å². The zero-order valence-corrected chi connectivity index (χ0v) is 10.6. The highest BCUT2D eigenvalue weighted by Crippen LogP contribution is 1.97. The van der Waals surface area contributed by atoms with Gasteiger partial charge in [-0.05, 0) is 45.9 Å². The summed E-state index contributed by atoms with van der Waals surface area (Å²) in [7, 11) is 2.16. The van der Waals surface area contributed by atoms with Crippen molar-refractivity contribution in [2.75, 3.05) is 33.3 Å². The van der Waals surface area contributed by atoms with Crippen LogP contribution in [0.1, 0.15) is 39.5 Å². The molecule has 0 saturated heterocycles. The first-order valence-corrected chi connectivity index (χ1v) is 6.27. The maximum Gasteiger partial charge on any atom is 0.0585 e. The van der Waals surface area contributed by atoms with Gasteiger partial charge in [0.1, 0.15) is 0 Å². The molecule has 1 atom stereocenters. The number of aliphatic hydroxyl groups excluding tert-OH is 1. The fourth-order valence-electron chi connectivity index (χ4n) is 1.52. The number of hydrogen-bond donors (Lipinski definition) is 2. The third kappa shape index (κ3) is 8.85. The van der Waals surface area contributed by atoms with Crippen LogP contribution in [-0.4, -0.2) is 49.3 Å². The lowest BCUT2D eigenvalue weighted by atomic mass is 10.2. The molecule has 1 unspecified atom stereocenters. The van der Waals surface area contributed by atoms with Crippen molar-refractivity contribution in [2.24, 2.45) is 0 Å². The Morgan fingerprint density at radius 2 is 1.93 bits per heavy atom. The van der Waals surface area contributed by atoms with E-state index in [-0.39, 0.29) is 12.6 Å². The van der Waals surface area contributed by atoms with Gasteiger partial charge in [0.15, 0.2) is 0 Å². The summed E-state index contributed by atoms with van der Waals surface area (Å²) in [6.07, 6.45) is 4.68. The highest BCUT2D eigenvalue weighted by molar-refractivity contribution is 4.67. The highest BCUT2D eigenvalue weighted by Gasteiger charge is 2.07. The minimum atomic E-state index is 0.252. The van der Waals surface area contributed by atoms with E-state index < -0.39 is 0 Å². The highest BCUT2D eigenvalue weighted by atomic mass is 16.3. The Bertz CT molecular complexity index is 131. The van der Waals surface area contributed by atoms with E-state index in [1.165, 1.54) is 19.4 Å². The monoisotopic (exact) mass is 216 g/mol. The van der Waals surface area contributed by atoms with E-state index in [4.69, 9.17) is 5.11 Å². The zero-order valence-electron chi connectivity index (χ0n) is 10.6. The van der Waals surface area contributed by atoms with Crippen LogP contribution in [0.3, 0.4) is 0 Å². The molecule has 0 aromatic heterocycles. The van der Waals surface area contributed by atoms with Crippen molar-refractivity contribution in [3.8, 4) is 0 Å². The van der Waals surface area contributed by atoms with Gasteiger partial charge in [-0.25, -0.2) is 0 Å². The lowest BCUT2D eigenvalue weighted by Gasteiger charge is -2.21. The van der Waals surface area contributed by atoms with Crippen molar-refractivity contribution in [3.05, 3.63) is 0 Å². The summed E-state index contributed by atoms with van der Waals surface area (Å²) in [5.41, 5.74) is 0. The van der Waals surface area contributed by atoms with Gasteiger partial charge in [0.05, 0.1) is 6.61 Å². The summed E-state index contributed by atoms with van der Waals surface area (Å²) in [5, 5.41) is 12.5. The normalized spacial score (nSPS) is 13.4. The number of rotatable bonds is 10. The lowest BCUT2D eigenvalue weighted by molar-refractivity contribution is 0.217. The smallest absolute Gasteiger partial charge is 0.0585 e. The second kappa shape index (κ2) is 10.4. The first-order chi connectivity index (χ1) is 7.24. The molecule has 0 saturated carbocycles. The molecule has 0 spiro atoms. The fourth-order valence-corrected chi connectivity index (χ4v) is 1.52. The Kier molecular flexibility index (Phi) is 10.3. The van der Waals surface area contributed by atoms with Gasteiger partial charge < -0.3 is 15.3 Å². The Hall–Kier alpha value is -0.120. The van der Waals surface area contributed by atoms with Crippen LogP contribution in [0.25, 0.3) is 0 Å². The molecule has 15 heavy (non-hydrogen) atoms. The lowest BCUT2D eigenvalue weighted by Crippen LogP contribution is -2.36. The first kappa shape index (κ1) is 14.9. The second-order valence-corrected chi connectivity index (χ2v) is 4.28. The largest absolute Gasteiger partial charge is 0.395 e. The average molecular weight is 216 g/mol. The fraction of sp³-hybridized carbons (Fsp3) is 1.00.